The van der Waals surface area contributed by atoms with Gasteiger partial charge in [0.15, 0.2) is 5.78 Å². The summed E-state index contributed by atoms with van der Waals surface area (Å²) < 4.78 is 22.7. The van der Waals surface area contributed by atoms with E-state index >= 15 is 0 Å². The Kier molecular flexibility index (Phi) is 9.11. The monoisotopic (exact) mass is 431 g/mol. The molecule has 3 rings (SSSR count). The van der Waals surface area contributed by atoms with Gasteiger partial charge in [0.05, 0.1) is 24.3 Å². The maximum Gasteiger partial charge on any atom is 0.213 e. The molecule has 0 aromatic carbocycles. The number of nitrogens with zero attached hydrogens (tertiary/aromatic N) is 2. The second kappa shape index (κ2) is 12.3. The summed E-state index contributed by atoms with van der Waals surface area (Å²) in [5.74, 6) is 1.37. The van der Waals surface area contributed by atoms with Crippen LogP contribution in [-0.2, 0) is 27.9 Å². The molecule has 30 heavy (non-hydrogen) atoms. The van der Waals surface area contributed by atoms with Crippen LogP contribution in [0.4, 0.5) is 0 Å². The number of rotatable bonds is 12. The topological polar surface area (TPSA) is 84.7 Å². The van der Waals surface area contributed by atoms with Crippen molar-refractivity contribution in [2.45, 2.75) is 31.6 Å². The molecule has 0 amide bonds. The molecule has 162 valence electrons. The van der Waals surface area contributed by atoms with Crippen LogP contribution in [0.15, 0.2) is 53.4 Å². The van der Waals surface area contributed by atoms with Crippen molar-refractivity contribution in [3.05, 3.63) is 60.3 Å². The first-order valence-corrected chi connectivity index (χ1v) is 11.8. The van der Waals surface area contributed by atoms with Gasteiger partial charge in [-0.2, -0.15) is 0 Å². The van der Waals surface area contributed by atoms with Crippen molar-refractivity contribution in [1.82, 2.24) is 15.2 Å². The van der Waals surface area contributed by atoms with Gasteiger partial charge in [0.1, 0.15) is 12.4 Å². The van der Waals surface area contributed by atoms with Gasteiger partial charge in [-0.25, -0.2) is 4.98 Å². The molecule has 0 bridgehead atoms. The predicted molar refractivity (Wildman–Crippen MR) is 116 cm³/mol. The molecule has 0 radical (unpaired) electrons. The zero-order valence-electron chi connectivity index (χ0n) is 17.1. The Morgan fingerprint density at radius 1 is 1.30 bits per heavy atom. The molecular formula is C22H29N3O4S. The number of nitrogens with one attached hydrogen (secondary N) is 1. The van der Waals surface area contributed by atoms with Crippen molar-refractivity contribution in [3.63, 3.8) is 0 Å². The number of Topliss-reactive ketones (excluding diaryl/α,β-unsaturated/α-hetero) is 1. The summed E-state index contributed by atoms with van der Waals surface area (Å²) in [5, 5.41) is 2.91. The zero-order valence-corrected chi connectivity index (χ0v) is 17.9. The molecule has 1 saturated heterocycles. The lowest BCUT2D eigenvalue weighted by molar-refractivity contribution is -0.115. The molecule has 1 aliphatic rings. The second-order valence-corrected chi connectivity index (χ2v) is 8.74. The van der Waals surface area contributed by atoms with Gasteiger partial charge in [0, 0.05) is 29.6 Å². The van der Waals surface area contributed by atoms with Gasteiger partial charge in [0.25, 0.3) is 0 Å². The van der Waals surface area contributed by atoms with Crippen LogP contribution in [0.3, 0.4) is 0 Å². The van der Waals surface area contributed by atoms with Crippen LogP contribution in [0.25, 0.3) is 0 Å². The van der Waals surface area contributed by atoms with Crippen molar-refractivity contribution in [2.24, 2.45) is 0 Å². The first kappa shape index (κ1) is 22.2. The Hall–Kier alpha value is -2.45. The average molecular weight is 432 g/mol. The summed E-state index contributed by atoms with van der Waals surface area (Å²) in [6, 6.07) is 7.50. The Bertz CT molecular complexity index is 833. The lowest BCUT2D eigenvalue weighted by Crippen LogP contribution is -2.29. The van der Waals surface area contributed by atoms with Crippen LogP contribution in [0.5, 0.6) is 5.88 Å². The van der Waals surface area contributed by atoms with Gasteiger partial charge in [0.2, 0.25) is 5.88 Å². The van der Waals surface area contributed by atoms with E-state index in [1.54, 1.807) is 30.6 Å². The summed E-state index contributed by atoms with van der Waals surface area (Å²) >= 11 is 0. The summed E-state index contributed by atoms with van der Waals surface area (Å²) in [7, 11) is -1.26. The number of piperidine rings is 1. The quantitative estimate of drug-likeness (QED) is 0.553. The van der Waals surface area contributed by atoms with Crippen LogP contribution in [0.1, 0.15) is 30.6 Å². The summed E-state index contributed by atoms with van der Waals surface area (Å²) in [6.07, 6.45) is 10.6. The fraction of sp³-hybridized carbons (Fsp3) is 0.455. The maximum absolute atomic E-state index is 11.9. The van der Waals surface area contributed by atoms with Gasteiger partial charge < -0.3 is 14.5 Å². The number of likely N-dealkylation sites (tertiary alicyclic amines) is 1. The van der Waals surface area contributed by atoms with E-state index in [0.717, 1.165) is 19.6 Å². The molecule has 0 spiro atoms. The third-order valence-electron chi connectivity index (χ3n) is 4.72. The minimum absolute atomic E-state index is 0.00572. The van der Waals surface area contributed by atoms with Crippen molar-refractivity contribution in [3.8, 4) is 5.88 Å². The number of hydrogen-bond donors (Lipinski definition) is 1. The number of furan rings is 1. The van der Waals surface area contributed by atoms with E-state index in [1.165, 1.54) is 31.1 Å². The number of carbonyl (C=O) groups excluding carboxylic acids is 1. The van der Waals surface area contributed by atoms with Gasteiger partial charge in [-0.3, -0.25) is 13.9 Å². The van der Waals surface area contributed by atoms with Gasteiger partial charge >= 0.3 is 0 Å². The van der Waals surface area contributed by atoms with Crippen molar-refractivity contribution in [2.75, 3.05) is 32.0 Å². The van der Waals surface area contributed by atoms with Gasteiger partial charge in [-0.05, 0) is 62.0 Å². The molecule has 0 saturated carbocycles. The highest BCUT2D eigenvalue weighted by molar-refractivity contribution is 7.84. The number of carbonyl (C=O) groups is 1. The molecule has 1 aliphatic heterocycles. The minimum Gasteiger partial charge on any atom is -0.473 e. The number of hydrogen-bond acceptors (Lipinski definition) is 7. The fourth-order valence-corrected chi connectivity index (χ4v) is 4.32. The fourth-order valence-electron chi connectivity index (χ4n) is 3.28. The molecule has 1 N–H and O–H groups in total. The maximum atomic E-state index is 11.9. The molecule has 3 heterocycles. The van der Waals surface area contributed by atoms with Crippen molar-refractivity contribution >= 4 is 16.6 Å². The molecule has 0 aliphatic carbocycles. The van der Waals surface area contributed by atoms with Gasteiger partial charge in [-0.1, -0.05) is 6.42 Å². The molecule has 1 atom stereocenters. The SMILES string of the molecule is O=C(CN/C=C\COc1cc(CN2CCCCC2)ccn1)CS(=O)Cc1ccco1. The Balaban J connectivity index is 1.30. The van der Waals surface area contributed by atoms with Crippen LogP contribution in [0.2, 0.25) is 0 Å². The first-order valence-electron chi connectivity index (χ1n) is 10.3. The van der Waals surface area contributed by atoms with E-state index in [2.05, 4.69) is 15.2 Å². The highest BCUT2D eigenvalue weighted by Gasteiger charge is 2.11. The van der Waals surface area contributed by atoms with Crippen molar-refractivity contribution < 1.29 is 18.2 Å². The van der Waals surface area contributed by atoms with E-state index in [0.29, 0.717) is 18.2 Å². The second-order valence-electron chi connectivity index (χ2n) is 7.28. The normalized spacial score (nSPS) is 15.9. The van der Waals surface area contributed by atoms with Crippen LogP contribution >= 0.6 is 0 Å². The largest absolute Gasteiger partial charge is 0.473 e. The molecule has 1 unspecified atom stereocenters. The van der Waals surface area contributed by atoms with E-state index < -0.39 is 10.8 Å². The van der Waals surface area contributed by atoms with E-state index in [1.807, 2.05) is 12.1 Å². The smallest absolute Gasteiger partial charge is 0.213 e. The summed E-state index contributed by atoms with van der Waals surface area (Å²) in [5.41, 5.74) is 1.21. The first-order chi connectivity index (χ1) is 14.7. The van der Waals surface area contributed by atoms with E-state index in [9.17, 15) is 9.00 Å². The number of ether oxygens (including phenoxy) is 1. The Morgan fingerprint density at radius 2 is 2.17 bits per heavy atom. The Labute approximate surface area is 180 Å². The minimum atomic E-state index is -1.26. The third kappa shape index (κ3) is 8.12. The Morgan fingerprint density at radius 3 is 2.97 bits per heavy atom. The average Bonchev–Trinajstić information content (AvgIpc) is 3.24. The lowest BCUT2D eigenvalue weighted by atomic mass is 10.1. The highest BCUT2D eigenvalue weighted by atomic mass is 32.2. The number of ketones is 1. The standard InChI is InChI=1S/C22H29N3O4S/c26-20(17-30(27)18-21-6-4-12-28-21)15-23-8-5-13-29-22-14-19(7-9-24-22)16-25-10-2-1-3-11-25/h4-9,12,14,23H,1-3,10-11,13,15-18H2/b8-5-. The number of pyridine rings is 1. The van der Waals surface area contributed by atoms with E-state index in [-0.39, 0.29) is 23.8 Å². The number of aromatic nitrogens is 1. The molecule has 7 nitrogen and oxygen atoms in total. The van der Waals surface area contributed by atoms with Crippen LogP contribution in [-0.4, -0.2) is 51.9 Å². The molecule has 1 fully saturated rings. The third-order valence-corrected chi connectivity index (χ3v) is 5.97. The van der Waals surface area contributed by atoms with Crippen LogP contribution in [0, 0.1) is 0 Å². The predicted octanol–water partition coefficient (Wildman–Crippen LogP) is 2.66. The lowest BCUT2D eigenvalue weighted by Gasteiger charge is -2.26. The van der Waals surface area contributed by atoms with Gasteiger partial charge in [-0.15, -0.1) is 0 Å². The zero-order chi connectivity index (χ0) is 21.0. The highest BCUT2D eigenvalue weighted by Crippen LogP contribution is 2.15. The summed E-state index contributed by atoms with van der Waals surface area (Å²) in [4.78, 5) is 18.6. The molecule has 8 heteroatoms. The van der Waals surface area contributed by atoms with E-state index in [4.69, 9.17) is 9.15 Å². The molecule has 2 aromatic rings. The molecule has 2 aromatic heterocycles. The molecular weight excluding hydrogens is 402 g/mol. The van der Waals surface area contributed by atoms with Crippen LogP contribution < -0.4 is 10.1 Å². The van der Waals surface area contributed by atoms with Crippen molar-refractivity contribution in [1.29, 1.82) is 0 Å². The summed E-state index contributed by atoms with van der Waals surface area (Å²) in [6.45, 7) is 3.72.